The number of hydrogen-bond acceptors (Lipinski definition) is 6. The summed E-state index contributed by atoms with van der Waals surface area (Å²) in [6.45, 7) is 7.89. The Morgan fingerprint density at radius 2 is 1.82 bits per heavy atom. The first kappa shape index (κ1) is 23.8. The maximum Gasteiger partial charge on any atom is 0.290 e. The van der Waals surface area contributed by atoms with Gasteiger partial charge in [0.2, 0.25) is 5.76 Å². The van der Waals surface area contributed by atoms with E-state index in [2.05, 4.69) is 13.8 Å². The molecule has 0 aliphatic carbocycles. The maximum atomic E-state index is 13.5. The van der Waals surface area contributed by atoms with Crippen LogP contribution < -0.4 is 14.9 Å². The summed E-state index contributed by atoms with van der Waals surface area (Å²) in [7, 11) is 1.58. The zero-order valence-corrected chi connectivity index (χ0v) is 20.1. The highest BCUT2D eigenvalue weighted by Crippen LogP contribution is 2.41. The van der Waals surface area contributed by atoms with E-state index in [1.165, 1.54) is 0 Å². The molecule has 1 atom stereocenters. The summed E-state index contributed by atoms with van der Waals surface area (Å²) < 4.78 is 23.0. The zero-order valence-electron chi connectivity index (χ0n) is 20.1. The van der Waals surface area contributed by atoms with E-state index >= 15 is 0 Å². The Labute approximate surface area is 199 Å². The van der Waals surface area contributed by atoms with Crippen LogP contribution >= 0.6 is 0 Å². The quantitative estimate of drug-likeness (QED) is 0.428. The van der Waals surface area contributed by atoms with E-state index in [0.29, 0.717) is 60.3 Å². The standard InChI is InChI=1S/C27H31NO6/c1-5-32-22-16-18(10-11-21(22)33-14-12-17(2)3)24-23-25(29)19-8-6-7-9-20(19)34-26(23)27(30)28(24)13-15-31-4/h6-11,16-17,24H,5,12-15H2,1-4H3. The normalized spacial score (nSPS) is 15.3. The Kier molecular flexibility index (Phi) is 7.22. The average molecular weight is 466 g/mol. The lowest BCUT2D eigenvalue weighted by Crippen LogP contribution is -2.32. The second-order valence-corrected chi connectivity index (χ2v) is 8.73. The SMILES string of the molecule is CCOc1cc(C2c3c(oc4ccccc4c3=O)C(=O)N2CCOC)ccc1OCCC(C)C. The minimum Gasteiger partial charge on any atom is -0.490 e. The number of benzene rings is 2. The Hall–Kier alpha value is -3.32. The molecule has 3 aromatic rings. The number of methoxy groups -OCH3 is 1. The Morgan fingerprint density at radius 3 is 2.56 bits per heavy atom. The van der Waals surface area contributed by atoms with Crippen molar-refractivity contribution in [2.75, 3.05) is 33.5 Å². The number of amides is 1. The monoisotopic (exact) mass is 465 g/mol. The lowest BCUT2D eigenvalue weighted by molar-refractivity contribution is 0.0663. The fraction of sp³-hybridized carbons (Fsp3) is 0.407. The van der Waals surface area contributed by atoms with E-state index in [4.69, 9.17) is 18.6 Å². The van der Waals surface area contributed by atoms with Gasteiger partial charge < -0.3 is 23.5 Å². The molecule has 7 nitrogen and oxygen atoms in total. The lowest BCUT2D eigenvalue weighted by atomic mass is 9.98. The van der Waals surface area contributed by atoms with E-state index < -0.39 is 6.04 Å². The number of ether oxygens (including phenoxy) is 3. The first-order valence-corrected chi connectivity index (χ1v) is 11.7. The predicted octanol–water partition coefficient (Wildman–Crippen LogP) is 4.81. The molecule has 7 heteroatoms. The molecule has 0 saturated heterocycles. The minimum absolute atomic E-state index is 0.0834. The molecule has 180 valence electrons. The molecule has 0 N–H and O–H groups in total. The summed E-state index contributed by atoms with van der Waals surface area (Å²) in [5.74, 6) is 1.51. The van der Waals surface area contributed by atoms with E-state index in [0.717, 1.165) is 12.0 Å². The molecule has 1 amide bonds. The number of para-hydroxylation sites is 1. The van der Waals surface area contributed by atoms with Gasteiger partial charge in [-0.3, -0.25) is 9.59 Å². The van der Waals surface area contributed by atoms with Gasteiger partial charge in [0.15, 0.2) is 16.9 Å². The van der Waals surface area contributed by atoms with Crippen LogP contribution in [0.5, 0.6) is 11.5 Å². The number of fused-ring (bicyclic) bond motifs is 2. The van der Waals surface area contributed by atoms with Gasteiger partial charge in [-0.15, -0.1) is 0 Å². The first-order chi connectivity index (χ1) is 16.5. The molecule has 4 rings (SSSR count). The maximum absolute atomic E-state index is 13.5. The van der Waals surface area contributed by atoms with Gasteiger partial charge >= 0.3 is 0 Å². The van der Waals surface area contributed by atoms with Crippen molar-refractivity contribution in [1.29, 1.82) is 0 Å². The highest BCUT2D eigenvalue weighted by Gasteiger charge is 2.42. The highest BCUT2D eigenvalue weighted by atomic mass is 16.5. The minimum atomic E-state index is -0.609. The Morgan fingerprint density at radius 1 is 1.03 bits per heavy atom. The van der Waals surface area contributed by atoms with Crippen molar-refractivity contribution in [3.63, 3.8) is 0 Å². The highest BCUT2D eigenvalue weighted by molar-refractivity contribution is 5.99. The number of hydrogen-bond donors (Lipinski definition) is 0. The van der Waals surface area contributed by atoms with Crippen molar-refractivity contribution in [3.8, 4) is 11.5 Å². The molecular weight excluding hydrogens is 434 g/mol. The number of nitrogens with zero attached hydrogens (tertiary/aromatic N) is 1. The third kappa shape index (κ3) is 4.53. The van der Waals surface area contributed by atoms with Gasteiger partial charge in [-0.05, 0) is 49.1 Å². The van der Waals surface area contributed by atoms with Crippen LogP contribution in [-0.2, 0) is 4.74 Å². The van der Waals surface area contributed by atoms with E-state index in [1.54, 1.807) is 36.3 Å². The van der Waals surface area contributed by atoms with Gasteiger partial charge in [-0.25, -0.2) is 0 Å². The summed E-state index contributed by atoms with van der Waals surface area (Å²) in [6.07, 6.45) is 0.927. The van der Waals surface area contributed by atoms with Gasteiger partial charge in [-0.1, -0.05) is 32.0 Å². The van der Waals surface area contributed by atoms with E-state index in [1.807, 2.05) is 25.1 Å². The Balaban J connectivity index is 1.81. The predicted molar refractivity (Wildman–Crippen MR) is 130 cm³/mol. The molecule has 0 bridgehead atoms. The van der Waals surface area contributed by atoms with Crippen molar-refractivity contribution in [2.24, 2.45) is 5.92 Å². The second kappa shape index (κ2) is 10.3. The molecule has 0 spiro atoms. The van der Waals surface area contributed by atoms with Gasteiger partial charge in [0.25, 0.3) is 5.91 Å². The molecule has 0 saturated carbocycles. The third-order valence-electron chi connectivity index (χ3n) is 5.95. The molecule has 2 aromatic carbocycles. The molecule has 34 heavy (non-hydrogen) atoms. The van der Waals surface area contributed by atoms with Gasteiger partial charge in [0, 0.05) is 13.7 Å². The lowest BCUT2D eigenvalue weighted by Gasteiger charge is -2.25. The molecular formula is C27H31NO6. The van der Waals surface area contributed by atoms with Gasteiger partial charge in [0.05, 0.1) is 36.8 Å². The van der Waals surface area contributed by atoms with Crippen LogP contribution in [0, 0.1) is 5.92 Å². The molecule has 1 aliphatic heterocycles. The number of rotatable bonds is 10. The van der Waals surface area contributed by atoms with E-state index in [9.17, 15) is 9.59 Å². The van der Waals surface area contributed by atoms with Crippen LogP contribution in [0.2, 0.25) is 0 Å². The van der Waals surface area contributed by atoms with Crippen molar-refractivity contribution in [1.82, 2.24) is 4.90 Å². The molecule has 0 radical (unpaired) electrons. The van der Waals surface area contributed by atoms with Gasteiger partial charge in [0.1, 0.15) is 5.58 Å². The van der Waals surface area contributed by atoms with Crippen LogP contribution in [-0.4, -0.2) is 44.3 Å². The van der Waals surface area contributed by atoms with Crippen molar-refractivity contribution < 1.29 is 23.4 Å². The summed E-state index contributed by atoms with van der Waals surface area (Å²) in [5.41, 5.74) is 1.29. The first-order valence-electron chi connectivity index (χ1n) is 11.7. The average Bonchev–Trinajstić information content (AvgIpc) is 3.10. The molecule has 2 heterocycles. The molecule has 1 aromatic heterocycles. The number of carbonyl (C=O) groups is 1. The topological polar surface area (TPSA) is 78.2 Å². The van der Waals surface area contributed by atoms with Crippen LogP contribution in [0.15, 0.2) is 51.7 Å². The molecule has 0 fully saturated rings. The summed E-state index contributed by atoms with van der Waals surface area (Å²) >= 11 is 0. The summed E-state index contributed by atoms with van der Waals surface area (Å²) in [6, 6.07) is 12.0. The van der Waals surface area contributed by atoms with E-state index in [-0.39, 0.29) is 17.1 Å². The number of carbonyl (C=O) groups excluding carboxylic acids is 1. The van der Waals surface area contributed by atoms with Crippen molar-refractivity contribution >= 4 is 16.9 Å². The molecule has 1 aliphatic rings. The second-order valence-electron chi connectivity index (χ2n) is 8.73. The van der Waals surface area contributed by atoms with Crippen LogP contribution in [0.1, 0.15) is 54.9 Å². The summed E-state index contributed by atoms with van der Waals surface area (Å²) in [5, 5.41) is 0.450. The van der Waals surface area contributed by atoms with Crippen LogP contribution in [0.25, 0.3) is 11.0 Å². The fourth-order valence-corrected chi connectivity index (χ4v) is 4.22. The molecule has 1 unspecified atom stereocenters. The Bertz CT molecular complexity index is 1230. The largest absolute Gasteiger partial charge is 0.490 e. The zero-order chi connectivity index (χ0) is 24.2. The van der Waals surface area contributed by atoms with Crippen molar-refractivity contribution in [3.05, 3.63) is 69.6 Å². The van der Waals surface area contributed by atoms with Crippen LogP contribution in [0.3, 0.4) is 0 Å². The smallest absolute Gasteiger partial charge is 0.290 e. The fourth-order valence-electron chi connectivity index (χ4n) is 4.22. The van der Waals surface area contributed by atoms with Crippen molar-refractivity contribution in [2.45, 2.75) is 33.2 Å². The third-order valence-corrected chi connectivity index (χ3v) is 5.95. The van der Waals surface area contributed by atoms with Gasteiger partial charge in [-0.2, -0.15) is 0 Å². The van der Waals surface area contributed by atoms with Crippen LogP contribution in [0.4, 0.5) is 0 Å². The summed E-state index contributed by atoms with van der Waals surface area (Å²) in [4.78, 5) is 28.5.